The molecule has 0 amide bonds. The first kappa shape index (κ1) is 17.8. The molecule has 110 valence electrons. The lowest BCUT2D eigenvalue weighted by molar-refractivity contribution is -0.165. The van der Waals surface area contributed by atoms with Crippen LogP contribution in [0.2, 0.25) is 0 Å². The van der Waals surface area contributed by atoms with Crippen molar-refractivity contribution < 1.29 is 20.4 Å². The standard InChI is InChI=1S/C14H30O4/c1-4-7-9-13(18)14(10-15,11(16)6-3)12(17)8-5-2/h11-13,15-18H,4-10H2,1-3H3. The van der Waals surface area contributed by atoms with E-state index in [9.17, 15) is 20.4 Å². The molecule has 0 aromatic heterocycles. The molecule has 0 heterocycles. The van der Waals surface area contributed by atoms with Gasteiger partial charge in [0.15, 0.2) is 0 Å². The number of aliphatic hydroxyl groups is 4. The van der Waals surface area contributed by atoms with E-state index in [0.717, 1.165) is 19.3 Å². The number of rotatable bonds is 10. The van der Waals surface area contributed by atoms with E-state index in [-0.39, 0.29) is 0 Å². The summed E-state index contributed by atoms with van der Waals surface area (Å²) in [7, 11) is 0. The molecule has 0 radical (unpaired) electrons. The fourth-order valence-corrected chi connectivity index (χ4v) is 2.57. The van der Waals surface area contributed by atoms with Gasteiger partial charge in [0.05, 0.1) is 30.3 Å². The summed E-state index contributed by atoms with van der Waals surface area (Å²) in [6, 6.07) is 0. The molecule has 0 bridgehead atoms. The second kappa shape index (κ2) is 8.86. The molecule has 0 aliphatic carbocycles. The van der Waals surface area contributed by atoms with Gasteiger partial charge in [-0.15, -0.1) is 0 Å². The fourth-order valence-electron chi connectivity index (χ4n) is 2.57. The van der Waals surface area contributed by atoms with Crippen LogP contribution in [0.3, 0.4) is 0 Å². The first-order chi connectivity index (χ1) is 8.50. The first-order valence-electron chi connectivity index (χ1n) is 7.16. The third-order valence-electron chi connectivity index (χ3n) is 3.91. The minimum absolute atomic E-state index is 0.395. The van der Waals surface area contributed by atoms with Crippen molar-refractivity contribution in [3.05, 3.63) is 0 Å². The molecule has 0 aliphatic heterocycles. The van der Waals surface area contributed by atoms with Crippen LogP contribution in [0.4, 0.5) is 0 Å². The van der Waals surface area contributed by atoms with E-state index in [0.29, 0.717) is 19.3 Å². The Bertz CT molecular complexity index is 210. The zero-order valence-electron chi connectivity index (χ0n) is 12.0. The lowest BCUT2D eigenvalue weighted by Gasteiger charge is -2.44. The van der Waals surface area contributed by atoms with Crippen LogP contribution in [-0.2, 0) is 0 Å². The molecule has 18 heavy (non-hydrogen) atoms. The number of hydrogen-bond acceptors (Lipinski definition) is 4. The topological polar surface area (TPSA) is 80.9 Å². The maximum Gasteiger partial charge on any atom is 0.0711 e. The highest BCUT2D eigenvalue weighted by molar-refractivity contribution is 4.97. The molecule has 0 spiro atoms. The molecule has 4 N–H and O–H groups in total. The van der Waals surface area contributed by atoms with E-state index in [1.165, 1.54) is 0 Å². The zero-order chi connectivity index (χ0) is 14.2. The van der Waals surface area contributed by atoms with Crippen LogP contribution in [0.25, 0.3) is 0 Å². The molecular weight excluding hydrogens is 232 g/mol. The quantitative estimate of drug-likeness (QED) is 0.480. The van der Waals surface area contributed by atoms with Gasteiger partial charge in [-0.3, -0.25) is 0 Å². The summed E-state index contributed by atoms with van der Waals surface area (Å²) >= 11 is 0. The van der Waals surface area contributed by atoms with Crippen molar-refractivity contribution in [2.75, 3.05) is 6.61 Å². The minimum atomic E-state index is -1.21. The van der Waals surface area contributed by atoms with Crippen LogP contribution in [0, 0.1) is 5.41 Å². The van der Waals surface area contributed by atoms with Gasteiger partial charge in [-0.25, -0.2) is 0 Å². The molecule has 0 saturated heterocycles. The maximum atomic E-state index is 10.3. The molecule has 0 aromatic carbocycles. The third-order valence-corrected chi connectivity index (χ3v) is 3.91. The zero-order valence-corrected chi connectivity index (χ0v) is 12.0. The molecule has 4 heteroatoms. The van der Waals surface area contributed by atoms with E-state index in [2.05, 4.69) is 0 Å². The Kier molecular flexibility index (Phi) is 8.78. The lowest BCUT2D eigenvalue weighted by Crippen LogP contribution is -2.56. The van der Waals surface area contributed by atoms with Crippen LogP contribution in [0.5, 0.6) is 0 Å². The van der Waals surface area contributed by atoms with Crippen molar-refractivity contribution >= 4 is 0 Å². The van der Waals surface area contributed by atoms with E-state index in [1.807, 2.05) is 13.8 Å². The van der Waals surface area contributed by atoms with Crippen LogP contribution < -0.4 is 0 Å². The Morgan fingerprint density at radius 1 is 0.833 bits per heavy atom. The summed E-state index contributed by atoms with van der Waals surface area (Å²) in [5.74, 6) is 0. The van der Waals surface area contributed by atoms with Crippen LogP contribution in [-0.4, -0.2) is 45.3 Å². The molecule has 0 saturated carbocycles. The summed E-state index contributed by atoms with van der Waals surface area (Å²) in [6.45, 7) is 5.35. The summed E-state index contributed by atoms with van der Waals surface area (Å²) in [4.78, 5) is 0. The van der Waals surface area contributed by atoms with Crippen LogP contribution in [0.15, 0.2) is 0 Å². The van der Waals surface area contributed by atoms with Crippen molar-refractivity contribution in [2.45, 2.75) is 77.6 Å². The normalized spacial score (nSPS) is 20.2. The number of hydrogen-bond donors (Lipinski definition) is 4. The number of aliphatic hydroxyl groups excluding tert-OH is 4. The second-order valence-electron chi connectivity index (χ2n) is 5.16. The Morgan fingerprint density at radius 3 is 1.78 bits per heavy atom. The highest BCUT2D eigenvalue weighted by Gasteiger charge is 2.48. The number of unbranched alkanes of at least 4 members (excludes halogenated alkanes) is 1. The van der Waals surface area contributed by atoms with Crippen molar-refractivity contribution in [3.63, 3.8) is 0 Å². The summed E-state index contributed by atoms with van der Waals surface area (Å²) in [5.41, 5.74) is -1.21. The lowest BCUT2D eigenvalue weighted by atomic mass is 9.69. The van der Waals surface area contributed by atoms with Gasteiger partial charge < -0.3 is 20.4 Å². The molecule has 4 nitrogen and oxygen atoms in total. The fraction of sp³-hybridized carbons (Fsp3) is 1.00. The molecule has 0 rings (SSSR count). The third kappa shape index (κ3) is 3.92. The van der Waals surface area contributed by atoms with Gasteiger partial charge in [0.1, 0.15) is 0 Å². The van der Waals surface area contributed by atoms with Crippen molar-refractivity contribution in [3.8, 4) is 0 Å². The van der Waals surface area contributed by atoms with Crippen LogP contribution in [0.1, 0.15) is 59.3 Å². The van der Waals surface area contributed by atoms with E-state index in [4.69, 9.17) is 0 Å². The summed E-state index contributed by atoms with van der Waals surface area (Å²) in [6.07, 6.45) is 1.23. The summed E-state index contributed by atoms with van der Waals surface area (Å²) in [5, 5.41) is 40.4. The van der Waals surface area contributed by atoms with Crippen molar-refractivity contribution in [2.24, 2.45) is 5.41 Å². The predicted octanol–water partition coefficient (Wildman–Crippen LogP) is 1.45. The van der Waals surface area contributed by atoms with Crippen molar-refractivity contribution in [1.29, 1.82) is 0 Å². The van der Waals surface area contributed by atoms with Gasteiger partial charge in [-0.05, 0) is 19.3 Å². The van der Waals surface area contributed by atoms with Gasteiger partial charge >= 0.3 is 0 Å². The van der Waals surface area contributed by atoms with Gasteiger partial charge in [-0.2, -0.15) is 0 Å². The van der Waals surface area contributed by atoms with Gasteiger partial charge in [-0.1, -0.05) is 40.0 Å². The summed E-state index contributed by atoms with van der Waals surface area (Å²) < 4.78 is 0. The molecule has 0 fully saturated rings. The monoisotopic (exact) mass is 262 g/mol. The molecule has 4 unspecified atom stereocenters. The average molecular weight is 262 g/mol. The van der Waals surface area contributed by atoms with Gasteiger partial charge in [0, 0.05) is 0 Å². The van der Waals surface area contributed by atoms with Crippen molar-refractivity contribution in [1.82, 2.24) is 0 Å². The van der Waals surface area contributed by atoms with Gasteiger partial charge in [0.2, 0.25) is 0 Å². The Labute approximate surface area is 111 Å². The van der Waals surface area contributed by atoms with E-state index >= 15 is 0 Å². The maximum absolute atomic E-state index is 10.3. The Morgan fingerprint density at radius 2 is 1.39 bits per heavy atom. The van der Waals surface area contributed by atoms with Crippen LogP contribution >= 0.6 is 0 Å². The largest absolute Gasteiger partial charge is 0.395 e. The average Bonchev–Trinajstić information content (AvgIpc) is 2.37. The molecule has 0 aliphatic rings. The first-order valence-corrected chi connectivity index (χ1v) is 7.16. The SMILES string of the molecule is CCCCC(O)C(CO)(C(O)CC)C(O)CCC. The predicted molar refractivity (Wildman–Crippen MR) is 72.3 cm³/mol. The molecule has 4 atom stereocenters. The molecular formula is C14H30O4. The molecule has 0 aromatic rings. The Hall–Kier alpha value is -0.160. The van der Waals surface area contributed by atoms with E-state index in [1.54, 1.807) is 6.92 Å². The highest BCUT2D eigenvalue weighted by atomic mass is 16.3. The van der Waals surface area contributed by atoms with E-state index < -0.39 is 30.3 Å². The second-order valence-corrected chi connectivity index (χ2v) is 5.16. The minimum Gasteiger partial charge on any atom is -0.395 e. The van der Waals surface area contributed by atoms with Gasteiger partial charge in [0.25, 0.3) is 0 Å². The highest BCUT2D eigenvalue weighted by Crippen LogP contribution is 2.36. The smallest absolute Gasteiger partial charge is 0.0711 e. The Balaban J connectivity index is 5.07.